The summed E-state index contributed by atoms with van der Waals surface area (Å²) in [5.74, 6) is -0.806. The molecule has 2 aromatic carbocycles. The maximum atomic E-state index is 12.3. The van der Waals surface area contributed by atoms with Gasteiger partial charge >= 0.3 is 11.9 Å². The van der Waals surface area contributed by atoms with Crippen LogP contribution in [0.1, 0.15) is 15.9 Å². The second-order valence-electron chi connectivity index (χ2n) is 6.03. The van der Waals surface area contributed by atoms with Crippen LogP contribution in [-0.2, 0) is 14.3 Å². The lowest BCUT2D eigenvalue weighted by molar-refractivity contribution is -0.143. The number of hydrogen-bond acceptors (Lipinski definition) is 8. The van der Waals surface area contributed by atoms with E-state index >= 15 is 0 Å². The van der Waals surface area contributed by atoms with E-state index in [2.05, 4.69) is 4.74 Å². The van der Waals surface area contributed by atoms with Gasteiger partial charge in [0.25, 0.3) is 11.1 Å². The smallest absolute Gasteiger partial charge is 0.343 e. The van der Waals surface area contributed by atoms with Crippen molar-refractivity contribution < 1.29 is 33.4 Å². The molecule has 1 fully saturated rings. The molecule has 3 rings (SSSR count). The standard InChI is InChI=1S/C21H17NO7S/c1-27-15-9-5-14(6-10-15)20(25)29-16-7-3-13(4-8-16)11-17-19(24)22(21(26)30-17)12-18(23)28-2/h3-11H,12H2,1-2H3/b17-11+. The van der Waals surface area contributed by atoms with E-state index in [4.69, 9.17) is 9.47 Å². The number of esters is 2. The van der Waals surface area contributed by atoms with E-state index in [1.165, 1.54) is 20.3 Å². The molecule has 2 aromatic rings. The molecule has 1 aliphatic heterocycles. The monoisotopic (exact) mass is 427 g/mol. The van der Waals surface area contributed by atoms with Crippen molar-refractivity contribution in [2.75, 3.05) is 20.8 Å². The molecule has 0 unspecified atom stereocenters. The molecule has 9 heteroatoms. The highest BCUT2D eigenvalue weighted by atomic mass is 32.2. The fraction of sp³-hybridized carbons (Fsp3) is 0.143. The van der Waals surface area contributed by atoms with E-state index in [1.807, 2.05) is 0 Å². The molecule has 154 valence electrons. The zero-order chi connectivity index (χ0) is 21.7. The average Bonchev–Trinajstić information content (AvgIpc) is 3.02. The van der Waals surface area contributed by atoms with Gasteiger partial charge in [0.05, 0.1) is 24.7 Å². The fourth-order valence-electron chi connectivity index (χ4n) is 2.51. The van der Waals surface area contributed by atoms with Crippen molar-refractivity contribution in [3.63, 3.8) is 0 Å². The van der Waals surface area contributed by atoms with Crippen molar-refractivity contribution in [3.8, 4) is 11.5 Å². The fourth-order valence-corrected chi connectivity index (χ4v) is 3.34. The van der Waals surface area contributed by atoms with E-state index in [9.17, 15) is 19.2 Å². The van der Waals surface area contributed by atoms with Crippen molar-refractivity contribution in [1.82, 2.24) is 4.90 Å². The van der Waals surface area contributed by atoms with Gasteiger partial charge in [-0.05, 0) is 59.8 Å². The third-order valence-corrected chi connectivity index (χ3v) is 5.01. The Labute approximate surface area is 176 Å². The van der Waals surface area contributed by atoms with Crippen molar-refractivity contribution in [2.24, 2.45) is 0 Å². The van der Waals surface area contributed by atoms with Gasteiger partial charge in [-0.3, -0.25) is 19.3 Å². The zero-order valence-corrected chi connectivity index (χ0v) is 16.9. The number of amides is 2. The molecule has 8 nitrogen and oxygen atoms in total. The molecule has 1 aliphatic rings. The maximum absolute atomic E-state index is 12.3. The molecule has 0 saturated carbocycles. The molecule has 0 aromatic heterocycles. The van der Waals surface area contributed by atoms with Crippen molar-refractivity contribution in [1.29, 1.82) is 0 Å². The van der Waals surface area contributed by atoms with Crippen molar-refractivity contribution in [3.05, 3.63) is 64.6 Å². The van der Waals surface area contributed by atoms with Crippen molar-refractivity contribution in [2.45, 2.75) is 0 Å². The largest absolute Gasteiger partial charge is 0.497 e. The van der Waals surface area contributed by atoms with Crippen LogP contribution in [0.25, 0.3) is 6.08 Å². The lowest BCUT2D eigenvalue weighted by Gasteiger charge is -2.09. The Kier molecular flexibility index (Phi) is 6.53. The number of carbonyl (C=O) groups excluding carboxylic acids is 4. The number of hydrogen-bond donors (Lipinski definition) is 0. The summed E-state index contributed by atoms with van der Waals surface area (Å²) < 4.78 is 14.9. The quantitative estimate of drug-likeness (QED) is 0.394. The van der Waals surface area contributed by atoms with Crippen LogP contribution < -0.4 is 9.47 Å². The molecule has 2 amide bonds. The summed E-state index contributed by atoms with van der Waals surface area (Å²) in [5, 5.41) is -0.540. The summed E-state index contributed by atoms with van der Waals surface area (Å²) in [6.45, 7) is -0.432. The highest BCUT2D eigenvalue weighted by Gasteiger charge is 2.36. The minimum Gasteiger partial charge on any atom is -0.497 e. The zero-order valence-electron chi connectivity index (χ0n) is 16.1. The molecule has 30 heavy (non-hydrogen) atoms. The van der Waals surface area contributed by atoms with Gasteiger partial charge in [-0.15, -0.1) is 0 Å². The van der Waals surface area contributed by atoms with E-state index < -0.39 is 29.6 Å². The number of imide groups is 1. The second-order valence-corrected chi connectivity index (χ2v) is 7.02. The number of methoxy groups -OCH3 is 2. The third-order valence-electron chi connectivity index (χ3n) is 4.10. The Hall–Kier alpha value is -3.59. The van der Waals surface area contributed by atoms with Gasteiger partial charge in [-0.2, -0.15) is 0 Å². The van der Waals surface area contributed by atoms with Gasteiger partial charge in [-0.1, -0.05) is 12.1 Å². The highest BCUT2D eigenvalue weighted by Crippen LogP contribution is 2.32. The van der Waals surface area contributed by atoms with Crippen LogP contribution in [0, 0.1) is 0 Å². The Morgan fingerprint density at radius 1 is 0.967 bits per heavy atom. The molecular formula is C21H17NO7S. The molecule has 0 atom stereocenters. The predicted octanol–water partition coefficient (Wildman–Crippen LogP) is 3.12. The minimum atomic E-state index is -0.679. The summed E-state index contributed by atoms with van der Waals surface area (Å²) >= 11 is 0.739. The predicted molar refractivity (Wildman–Crippen MR) is 109 cm³/mol. The molecule has 1 saturated heterocycles. The first-order valence-electron chi connectivity index (χ1n) is 8.69. The molecule has 0 aliphatic carbocycles. The van der Waals surface area contributed by atoms with Gasteiger partial charge in [-0.25, -0.2) is 4.79 Å². The van der Waals surface area contributed by atoms with Crippen LogP contribution in [0.4, 0.5) is 4.79 Å². The van der Waals surface area contributed by atoms with E-state index in [1.54, 1.807) is 48.5 Å². The normalized spacial score (nSPS) is 14.7. The van der Waals surface area contributed by atoms with Crippen LogP contribution in [0.3, 0.4) is 0 Å². The lowest BCUT2D eigenvalue weighted by atomic mass is 10.2. The average molecular weight is 427 g/mol. The van der Waals surface area contributed by atoms with E-state index in [0.29, 0.717) is 22.6 Å². The Balaban J connectivity index is 1.66. The van der Waals surface area contributed by atoms with Crippen molar-refractivity contribution >= 4 is 40.9 Å². The number of rotatable bonds is 6. The number of nitrogens with zero attached hydrogens (tertiary/aromatic N) is 1. The first-order chi connectivity index (χ1) is 14.4. The molecule has 0 bridgehead atoms. The number of thioether (sulfide) groups is 1. The SMILES string of the molecule is COC(=O)CN1C(=O)S/C(=C/c2ccc(OC(=O)c3ccc(OC)cc3)cc2)C1=O. The van der Waals surface area contributed by atoms with Crippen LogP contribution in [0.5, 0.6) is 11.5 Å². The topological polar surface area (TPSA) is 99.2 Å². The summed E-state index contributed by atoms with van der Waals surface area (Å²) in [6, 6.07) is 13.0. The van der Waals surface area contributed by atoms with Gasteiger partial charge in [0, 0.05) is 0 Å². The van der Waals surface area contributed by atoms with Crippen LogP contribution in [0.15, 0.2) is 53.4 Å². The van der Waals surface area contributed by atoms with Gasteiger partial charge in [0.2, 0.25) is 0 Å². The Morgan fingerprint density at radius 2 is 1.60 bits per heavy atom. The van der Waals surface area contributed by atoms with Gasteiger partial charge < -0.3 is 14.2 Å². The molecule has 0 N–H and O–H groups in total. The van der Waals surface area contributed by atoms with Crippen LogP contribution in [-0.4, -0.2) is 48.7 Å². The first-order valence-corrected chi connectivity index (χ1v) is 9.51. The highest BCUT2D eigenvalue weighted by molar-refractivity contribution is 8.18. The summed E-state index contributed by atoms with van der Waals surface area (Å²) in [7, 11) is 2.72. The number of benzene rings is 2. The van der Waals surface area contributed by atoms with E-state index in [-0.39, 0.29) is 4.91 Å². The third kappa shape index (κ3) is 4.87. The summed E-state index contributed by atoms with van der Waals surface area (Å²) in [4.78, 5) is 48.8. The molecule has 1 heterocycles. The molecule has 0 radical (unpaired) electrons. The Bertz CT molecular complexity index is 1010. The number of carbonyl (C=O) groups is 4. The van der Waals surface area contributed by atoms with Gasteiger partial charge in [0.1, 0.15) is 18.0 Å². The lowest BCUT2D eigenvalue weighted by Crippen LogP contribution is -2.34. The maximum Gasteiger partial charge on any atom is 0.343 e. The van der Waals surface area contributed by atoms with Crippen LogP contribution >= 0.6 is 11.8 Å². The summed E-state index contributed by atoms with van der Waals surface area (Å²) in [6.07, 6.45) is 1.53. The van der Waals surface area contributed by atoms with Gasteiger partial charge in [0.15, 0.2) is 0 Å². The Morgan fingerprint density at radius 3 is 2.20 bits per heavy atom. The van der Waals surface area contributed by atoms with E-state index in [0.717, 1.165) is 16.7 Å². The van der Waals surface area contributed by atoms with Crippen LogP contribution in [0.2, 0.25) is 0 Å². The second kappa shape index (κ2) is 9.27. The summed E-state index contributed by atoms with van der Waals surface area (Å²) in [5.41, 5.74) is 1.00. The minimum absolute atomic E-state index is 0.187. The molecule has 0 spiro atoms. The molecular weight excluding hydrogens is 410 g/mol. The number of ether oxygens (including phenoxy) is 3. The first kappa shape index (κ1) is 21.1.